The molecule has 0 fully saturated rings. The van der Waals surface area contributed by atoms with Gasteiger partial charge in [0.15, 0.2) is 0 Å². The Hall–Kier alpha value is 0.690. The molecule has 0 atom stereocenters. The van der Waals surface area contributed by atoms with Crippen LogP contribution in [0.5, 0.6) is 0 Å². The molecule has 0 aromatic rings. The van der Waals surface area contributed by atoms with E-state index in [4.69, 9.17) is 5.11 Å². The maximum absolute atomic E-state index is 8.06. The Morgan fingerprint density at radius 1 is 0.917 bits per heavy atom. The van der Waals surface area contributed by atoms with Gasteiger partial charge in [-0.25, -0.2) is 0 Å². The third kappa shape index (κ3) is 2110. The highest BCUT2D eigenvalue weighted by Crippen LogP contribution is 1.65. The van der Waals surface area contributed by atoms with Crippen molar-refractivity contribution in [1.82, 2.24) is 0 Å². The molecule has 0 aliphatic rings. The van der Waals surface area contributed by atoms with Gasteiger partial charge in [0.05, 0.1) is 0 Å². The molecule has 0 radical (unpaired) electrons. The van der Waals surface area contributed by atoms with Crippen LogP contribution in [0.1, 0.15) is 61.8 Å². The Balaban J connectivity index is -0.0000000186. The Bertz CT molecular complexity index is 21.0. The first-order chi connectivity index (χ1) is 5.15. The van der Waals surface area contributed by atoms with Crippen LogP contribution in [0.4, 0.5) is 0 Å². The normalized spacial score (nSPS) is 5.50. The Kier molecular flexibility index (Phi) is 148. The van der Waals surface area contributed by atoms with E-state index in [1.165, 1.54) is 6.42 Å². The van der Waals surface area contributed by atoms with Crippen molar-refractivity contribution in [3.8, 4) is 0 Å². The summed E-state index contributed by atoms with van der Waals surface area (Å²) in [5.41, 5.74) is 0. The lowest BCUT2D eigenvalue weighted by molar-refractivity contribution is 0.216. The van der Waals surface area contributed by atoms with Crippen LogP contribution in [0.15, 0.2) is 0 Å². The Labute approximate surface area is 97.0 Å². The summed E-state index contributed by atoms with van der Waals surface area (Å²) in [4.78, 5) is 0. The minimum absolute atomic E-state index is 0. The minimum atomic E-state index is -0.167. The van der Waals surface area contributed by atoms with Crippen molar-refractivity contribution in [2.75, 3.05) is 0 Å². The van der Waals surface area contributed by atoms with Crippen LogP contribution in [-0.4, -0.2) is 11.2 Å². The monoisotopic (exact) mass is 292 g/mol. The first kappa shape index (κ1) is 29.3. The van der Waals surface area contributed by atoms with Crippen LogP contribution in [-0.2, 0) is 0 Å². The van der Waals surface area contributed by atoms with E-state index in [2.05, 4.69) is 13.8 Å². The van der Waals surface area contributed by atoms with E-state index < -0.39 is 0 Å². The molecule has 0 bridgehead atoms. The molecule has 0 aromatic heterocycles. The Morgan fingerprint density at radius 2 is 0.917 bits per heavy atom. The van der Waals surface area contributed by atoms with Crippen LogP contribution in [0, 0.1) is 0 Å². The van der Waals surface area contributed by atoms with Crippen LogP contribution in [0.3, 0.4) is 0 Å². The zero-order valence-corrected chi connectivity index (χ0v) is 12.5. The molecule has 0 aromatic carbocycles. The molecule has 0 saturated heterocycles. The van der Waals surface area contributed by atoms with E-state index in [0.717, 1.165) is 0 Å². The number of aliphatic hydroxyl groups is 1. The molecule has 0 amide bonds. The summed E-state index contributed by atoms with van der Waals surface area (Å²) in [5, 5.41) is 8.06. The second-order valence-electron chi connectivity index (χ2n) is 1.80. The van der Waals surface area contributed by atoms with Crippen molar-refractivity contribution in [2.45, 2.75) is 67.9 Å². The molecule has 12 heavy (non-hydrogen) atoms. The van der Waals surface area contributed by atoms with Gasteiger partial charge in [-0.2, -0.15) is 0 Å². The summed E-state index contributed by atoms with van der Waals surface area (Å²) in [6.07, 6.45) is 1.08. The SMILES string of the molecule is CC.CC.CC(C)O.CCC.I. The van der Waals surface area contributed by atoms with Gasteiger partial charge < -0.3 is 5.11 Å². The molecule has 0 spiro atoms. The third-order valence-corrected chi connectivity index (χ3v) is 0. The maximum Gasteiger partial charge on any atom is 0.0483 e. The molecule has 0 rings (SSSR count). The first-order valence-corrected chi connectivity index (χ1v) is 4.83. The molecule has 0 aliphatic carbocycles. The van der Waals surface area contributed by atoms with E-state index in [9.17, 15) is 0 Å². The highest BCUT2D eigenvalue weighted by Gasteiger charge is 1.69. The molecule has 0 saturated carbocycles. The zero-order chi connectivity index (χ0) is 10.3. The topological polar surface area (TPSA) is 20.2 Å². The Morgan fingerprint density at radius 3 is 0.917 bits per heavy atom. The predicted octanol–water partition coefficient (Wildman–Crippen LogP) is 4.47. The molecular weight excluding hydrogens is 263 g/mol. The van der Waals surface area contributed by atoms with Crippen molar-refractivity contribution < 1.29 is 5.11 Å². The smallest absolute Gasteiger partial charge is 0.0483 e. The van der Waals surface area contributed by atoms with E-state index >= 15 is 0 Å². The molecule has 2 heteroatoms. The highest BCUT2D eigenvalue weighted by molar-refractivity contribution is 14.0. The van der Waals surface area contributed by atoms with Crippen LogP contribution < -0.4 is 0 Å². The van der Waals surface area contributed by atoms with Crippen molar-refractivity contribution in [3.63, 3.8) is 0 Å². The molecule has 0 heterocycles. The summed E-state index contributed by atoms with van der Waals surface area (Å²) >= 11 is 0. The quantitative estimate of drug-likeness (QED) is 0.653. The summed E-state index contributed by atoms with van der Waals surface area (Å²) in [5.74, 6) is 0. The van der Waals surface area contributed by atoms with Crippen molar-refractivity contribution in [2.24, 2.45) is 0 Å². The van der Waals surface area contributed by atoms with Gasteiger partial charge in [0, 0.05) is 6.10 Å². The molecule has 82 valence electrons. The fraction of sp³-hybridized carbons (Fsp3) is 1.00. The van der Waals surface area contributed by atoms with E-state index in [0.29, 0.717) is 0 Å². The molecule has 1 N–H and O–H groups in total. The molecule has 0 unspecified atom stereocenters. The highest BCUT2D eigenvalue weighted by atomic mass is 127. The predicted molar refractivity (Wildman–Crippen MR) is 71.4 cm³/mol. The lowest BCUT2D eigenvalue weighted by Gasteiger charge is -1.80. The second-order valence-corrected chi connectivity index (χ2v) is 1.80. The van der Waals surface area contributed by atoms with E-state index in [1.807, 2.05) is 27.7 Å². The fourth-order valence-electron chi connectivity index (χ4n) is 0. The summed E-state index contributed by atoms with van der Waals surface area (Å²) in [6.45, 7) is 15.7. The van der Waals surface area contributed by atoms with Gasteiger partial charge in [-0.05, 0) is 13.8 Å². The first-order valence-electron chi connectivity index (χ1n) is 4.83. The fourth-order valence-corrected chi connectivity index (χ4v) is 0. The third-order valence-electron chi connectivity index (χ3n) is 0. The standard InChI is InChI=1S/C3H8O.C3H8.2C2H6.HI/c1-3(2)4;1-3-2;2*1-2;/h3-4H,1-2H3;3H2,1-2H3;2*1-2H3;1H. The lowest BCUT2D eigenvalue weighted by Crippen LogP contribution is -1.85. The van der Waals surface area contributed by atoms with Crippen LogP contribution in [0.2, 0.25) is 0 Å². The lowest BCUT2D eigenvalue weighted by atomic mass is 10.5. The van der Waals surface area contributed by atoms with E-state index in [-0.39, 0.29) is 30.1 Å². The van der Waals surface area contributed by atoms with Gasteiger partial charge in [-0.15, -0.1) is 24.0 Å². The molecule has 1 nitrogen and oxygen atoms in total. The zero-order valence-electron chi connectivity index (χ0n) is 10.1. The number of hydrogen-bond donors (Lipinski definition) is 1. The van der Waals surface area contributed by atoms with Gasteiger partial charge >= 0.3 is 0 Å². The molecular formula is C10H29IO. The van der Waals surface area contributed by atoms with Crippen molar-refractivity contribution >= 4 is 24.0 Å². The van der Waals surface area contributed by atoms with Crippen molar-refractivity contribution in [3.05, 3.63) is 0 Å². The average molecular weight is 292 g/mol. The number of aliphatic hydroxyl groups excluding tert-OH is 1. The molecule has 0 aliphatic heterocycles. The van der Waals surface area contributed by atoms with E-state index in [1.54, 1.807) is 13.8 Å². The maximum atomic E-state index is 8.06. The summed E-state index contributed by atoms with van der Waals surface area (Å²) in [7, 11) is 0. The van der Waals surface area contributed by atoms with Crippen molar-refractivity contribution in [1.29, 1.82) is 0 Å². The van der Waals surface area contributed by atoms with Gasteiger partial charge in [0.25, 0.3) is 0 Å². The average Bonchev–Trinajstić information content (AvgIpc) is 1.96. The summed E-state index contributed by atoms with van der Waals surface area (Å²) in [6, 6.07) is 0. The second kappa shape index (κ2) is 60.7. The van der Waals surface area contributed by atoms with Gasteiger partial charge in [-0.3, -0.25) is 0 Å². The van der Waals surface area contributed by atoms with Gasteiger partial charge in [0.1, 0.15) is 0 Å². The largest absolute Gasteiger partial charge is 0.394 e. The number of rotatable bonds is 0. The minimum Gasteiger partial charge on any atom is -0.394 e. The summed E-state index contributed by atoms with van der Waals surface area (Å²) < 4.78 is 0. The van der Waals surface area contributed by atoms with Gasteiger partial charge in [0.2, 0.25) is 0 Å². The number of halogens is 1. The number of hydrogen-bond acceptors (Lipinski definition) is 1. The van der Waals surface area contributed by atoms with Crippen LogP contribution >= 0.6 is 24.0 Å². The van der Waals surface area contributed by atoms with Crippen LogP contribution in [0.25, 0.3) is 0 Å². The van der Waals surface area contributed by atoms with Gasteiger partial charge in [-0.1, -0.05) is 48.0 Å².